The highest BCUT2D eigenvalue weighted by Crippen LogP contribution is 2.41. The number of amidine groups is 1. The van der Waals surface area contributed by atoms with Gasteiger partial charge in [0, 0.05) is 36.8 Å². The van der Waals surface area contributed by atoms with Crippen LogP contribution in [0.4, 0.5) is 11.4 Å². The Bertz CT molecular complexity index is 820. The van der Waals surface area contributed by atoms with Gasteiger partial charge in [0.2, 0.25) is 0 Å². The van der Waals surface area contributed by atoms with E-state index in [0.717, 1.165) is 24.5 Å². The van der Waals surface area contributed by atoms with E-state index >= 15 is 0 Å². The number of fused-ring (bicyclic) bond motifs is 1. The van der Waals surface area contributed by atoms with E-state index in [-0.39, 0.29) is 35.3 Å². The maximum atomic E-state index is 12.1. The van der Waals surface area contributed by atoms with Crippen LogP contribution in [0.3, 0.4) is 0 Å². The lowest BCUT2D eigenvalue weighted by atomic mass is 10.2. The number of carbonyl (C=O) groups excluding carboxylic acids is 1. The topological polar surface area (TPSA) is 79.3 Å². The standard InChI is InChI=1S/C18H25N3O4S2/c1-4-20(5-2)13-6-8-14(9-7-13)21-15-11-27(23,24)12-16(15)26-18(21)19-17(22)10-25-3/h6-9,15-16H,4-5,10-12H2,1-3H3/t15-,16-/m1/s1. The molecule has 2 saturated heterocycles. The molecule has 2 aliphatic heterocycles. The minimum Gasteiger partial charge on any atom is -0.375 e. The van der Waals surface area contributed by atoms with Crippen LogP contribution in [0.5, 0.6) is 0 Å². The van der Waals surface area contributed by atoms with Gasteiger partial charge in [-0.2, -0.15) is 4.99 Å². The number of nitrogens with zero attached hydrogens (tertiary/aromatic N) is 3. The Hall–Kier alpha value is -1.58. The van der Waals surface area contributed by atoms with E-state index in [4.69, 9.17) is 4.74 Å². The van der Waals surface area contributed by atoms with Crippen LogP contribution in [-0.2, 0) is 19.4 Å². The molecule has 2 atom stereocenters. The molecule has 0 spiro atoms. The number of sulfone groups is 1. The van der Waals surface area contributed by atoms with Crippen LogP contribution in [0, 0.1) is 0 Å². The monoisotopic (exact) mass is 411 g/mol. The molecule has 9 heteroatoms. The van der Waals surface area contributed by atoms with Crippen molar-refractivity contribution in [3.05, 3.63) is 24.3 Å². The summed E-state index contributed by atoms with van der Waals surface area (Å²) in [6.45, 7) is 5.95. The lowest BCUT2D eigenvalue weighted by Gasteiger charge is -2.26. The number of methoxy groups -OCH3 is 1. The fourth-order valence-corrected chi connectivity index (χ4v) is 7.47. The van der Waals surface area contributed by atoms with Crippen LogP contribution in [0.25, 0.3) is 0 Å². The van der Waals surface area contributed by atoms with Gasteiger partial charge in [0.15, 0.2) is 15.0 Å². The SMILES string of the molecule is CCN(CC)c1ccc(N2C(=NC(=O)COC)S[C@@H]3CS(=O)(=O)C[C@H]32)cc1. The molecule has 0 aliphatic carbocycles. The van der Waals surface area contributed by atoms with Crippen molar-refractivity contribution in [3.8, 4) is 0 Å². The summed E-state index contributed by atoms with van der Waals surface area (Å²) in [5.41, 5.74) is 1.96. The zero-order valence-corrected chi connectivity index (χ0v) is 17.4. The predicted molar refractivity (Wildman–Crippen MR) is 111 cm³/mol. The fourth-order valence-electron chi connectivity index (χ4n) is 3.54. The first kappa shape index (κ1) is 20.2. The summed E-state index contributed by atoms with van der Waals surface area (Å²) in [4.78, 5) is 20.3. The molecule has 3 rings (SSSR count). The summed E-state index contributed by atoms with van der Waals surface area (Å²) in [6, 6.07) is 7.79. The predicted octanol–water partition coefficient (Wildman–Crippen LogP) is 1.78. The van der Waals surface area contributed by atoms with Crippen molar-refractivity contribution >= 4 is 44.0 Å². The number of hydrogen-bond donors (Lipinski definition) is 0. The molecule has 0 N–H and O–H groups in total. The number of benzene rings is 1. The number of thioether (sulfide) groups is 1. The second-order valence-electron chi connectivity index (χ2n) is 6.58. The Kier molecular flexibility index (Phi) is 6.12. The van der Waals surface area contributed by atoms with Crippen molar-refractivity contribution < 1.29 is 17.9 Å². The third-order valence-electron chi connectivity index (χ3n) is 4.81. The molecule has 0 aromatic heterocycles. The van der Waals surface area contributed by atoms with Crippen LogP contribution in [0.2, 0.25) is 0 Å². The highest BCUT2D eigenvalue weighted by atomic mass is 32.2. The molecule has 1 aromatic carbocycles. The van der Waals surface area contributed by atoms with Crippen molar-refractivity contribution in [1.82, 2.24) is 0 Å². The zero-order chi connectivity index (χ0) is 19.6. The Labute approximate surface area is 164 Å². The minimum absolute atomic E-state index is 0.0833. The average molecular weight is 412 g/mol. The van der Waals surface area contributed by atoms with Gasteiger partial charge in [-0.1, -0.05) is 11.8 Å². The van der Waals surface area contributed by atoms with Crippen LogP contribution in [0.15, 0.2) is 29.3 Å². The maximum absolute atomic E-state index is 12.1. The second kappa shape index (κ2) is 8.20. The first-order valence-electron chi connectivity index (χ1n) is 9.00. The quantitative estimate of drug-likeness (QED) is 0.706. The molecule has 1 aromatic rings. The molecule has 0 saturated carbocycles. The van der Waals surface area contributed by atoms with E-state index in [1.54, 1.807) is 0 Å². The number of carbonyl (C=O) groups is 1. The largest absolute Gasteiger partial charge is 0.375 e. The second-order valence-corrected chi connectivity index (χ2v) is 9.94. The van der Waals surface area contributed by atoms with Crippen molar-refractivity contribution in [2.75, 3.05) is 48.1 Å². The van der Waals surface area contributed by atoms with Crippen LogP contribution >= 0.6 is 11.8 Å². The van der Waals surface area contributed by atoms with E-state index in [9.17, 15) is 13.2 Å². The van der Waals surface area contributed by atoms with Gasteiger partial charge >= 0.3 is 0 Å². The van der Waals surface area contributed by atoms with Crippen LogP contribution in [0.1, 0.15) is 13.8 Å². The van der Waals surface area contributed by atoms with E-state index in [1.807, 2.05) is 29.2 Å². The van der Waals surface area contributed by atoms with Gasteiger partial charge in [-0.15, -0.1) is 0 Å². The molecule has 1 amide bonds. The third kappa shape index (κ3) is 4.30. The Morgan fingerprint density at radius 2 is 1.93 bits per heavy atom. The first-order valence-corrected chi connectivity index (χ1v) is 11.7. The molecule has 0 bridgehead atoms. The summed E-state index contributed by atoms with van der Waals surface area (Å²) >= 11 is 1.37. The maximum Gasteiger partial charge on any atom is 0.274 e. The summed E-state index contributed by atoms with van der Waals surface area (Å²) < 4.78 is 29.1. The normalized spacial score (nSPS) is 25.0. The molecular weight excluding hydrogens is 386 g/mol. The van der Waals surface area contributed by atoms with E-state index < -0.39 is 9.84 Å². The molecule has 27 heavy (non-hydrogen) atoms. The molecule has 7 nitrogen and oxygen atoms in total. The van der Waals surface area contributed by atoms with Crippen molar-refractivity contribution in [2.45, 2.75) is 25.1 Å². The smallest absolute Gasteiger partial charge is 0.274 e. The molecule has 0 radical (unpaired) electrons. The van der Waals surface area contributed by atoms with Gasteiger partial charge in [0.1, 0.15) is 6.61 Å². The van der Waals surface area contributed by atoms with E-state index in [2.05, 4.69) is 23.7 Å². The van der Waals surface area contributed by atoms with Crippen molar-refractivity contribution in [2.24, 2.45) is 4.99 Å². The minimum atomic E-state index is -3.07. The molecular formula is C18H25N3O4S2. The first-order chi connectivity index (χ1) is 12.9. The van der Waals surface area contributed by atoms with Crippen molar-refractivity contribution in [1.29, 1.82) is 0 Å². The highest BCUT2D eigenvalue weighted by molar-refractivity contribution is 8.16. The summed E-state index contributed by atoms with van der Waals surface area (Å²) in [6.07, 6.45) is 0. The molecule has 2 fully saturated rings. The number of rotatable bonds is 6. The Morgan fingerprint density at radius 3 is 2.52 bits per heavy atom. The van der Waals surface area contributed by atoms with Gasteiger partial charge in [-0.25, -0.2) is 8.42 Å². The fraction of sp³-hybridized carbons (Fsp3) is 0.556. The van der Waals surface area contributed by atoms with Crippen LogP contribution in [-0.4, -0.2) is 69.1 Å². The molecule has 2 heterocycles. The number of hydrogen-bond acceptors (Lipinski definition) is 6. The third-order valence-corrected chi connectivity index (χ3v) is 8.02. The lowest BCUT2D eigenvalue weighted by molar-refractivity contribution is -0.121. The molecule has 0 unspecified atom stereocenters. The van der Waals surface area contributed by atoms with Gasteiger partial charge in [0.05, 0.1) is 17.5 Å². The average Bonchev–Trinajstić information content (AvgIpc) is 3.07. The van der Waals surface area contributed by atoms with Gasteiger partial charge in [-0.05, 0) is 38.1 Å². The summed E-state index contributed by atoms with van der Waals surface area (Å²) in [7, 11) is -1.62. The van der Waals surface area contributed by atoms with E-state index in [0.29, 0.717) is 5.17 Å². The van der Waals surface area contributed by atoms with Crippen LogP contribution < -0.4 is 9.80 Å². The summed E-state index contributed by atoms with van der Waals surface area (Å²) in [5.74, 6) is -0.166. The highest BCUT2D eigenvalue weighted by Gasteiger charge is 2.49. The number of ether oxygens (including phenoxy) is 1. The number of anilines is 2. The van der Waals surface area contributed by atoms with Gasteiger partial charge < -0.3 is 14.5 Å². The Morgan fingerprint density at radius 1 is 1.26 bits per heavy atom. The van der Waals surface area contributed by atoms with Gasteiger partial charge in [0.25, 0.3) is 5.91 Å². The molecule has 2 aliphatic rings. The van der Waals surface area contributed by atoms with Crippen molar-refractivity contribution in [3.63, 3.8) is 0 Å². The summed E-state index contributed by atoms with van der Waals surface area (Å²) in [5, 5.41) is 0.448. The Balaban J connectivity index is 1.93. The molecule has 148 valence electrons. The zero-order valence-electron chi connectivity index (χ0n) is 15.8. The van der Waals surface area contributed by atoms with E-state index in [1.165, 1.54) is 18.9 Å². The van der Waals surface area contributed by atoms with Gasteiger partial charge in [-0.3, -0.25) is 4.79 Å². The number of aliphatic imine (C=N–C) groups is 1. The number of amides is 1. The lowest BCUT2D eigenvalue weighted by Crippen LogP contribution is -2.37.